The van der Waals surface area contributed by atoms with Crippen LogP contribution in [0.1, 0.15) is 70.2 Å². The minimum atomic E-state index is 0. The summed E-state index contributed by atoms with van der Waals surface area (Å²) in [6.07, 6.45) is 11.0. The van der Waals surface area contributed by atoms with Gasteiger partial charge >= 0.3 is 26.2 Å². The first-order valence-corrected chi connectivity index (χ1v) is 9.57. The zero-order valence-corrected chi connectivity index (χ0v) is 25.9. The van der Waals surface area contributed by atoms with Crippen LogP contribution in [0.2, 0.25) is 0 Å². The summed E-state index contributed by atoms with van der Waals surface area (Å²) < 4.78 is 0. The summed E-state index contributed by atoms with van der Waals surface area (Å²) in [6.45, 7) is 13.6. The third-order valence-electron chi connectivity index (χ3n) is 5.05. The third-order valence-corrected chi connectivity index (χ3v) is 5.05. The first-order valence-electron chi connectivity index (χ1n) is 9.57. The monoisotopic (exact) mass is 562 g/mol. The molecule has 2 aromatic rings. The molecule has 0 saturated heterocycles. The van der Waals surface area contributed by atoms with Crippen LogP contribution >= 0.6 is 24.8 Å². The molecular weight excluding hydrogens is 527 g/mol. The van der Waals surface area contributed by atoms with E-state index >= 15 is 0 Å². The van der Waals surface area contributed by atoms with Gasteiger partial charge in [0, 0.05) is 11.0 Å². The van der Waals surface area contributed by atoms with Gasteiger partial charge in [0.05, 0.1) is 0 Å². The van der Waals surface area contributed by atoms with E-state index in [2.05, 4.69) is 90.1 Å². The molecule has 4 radical (unpaired) electrons. The molecule has 32 heavy (non-hydrogen) atoms. The van der Waals surface area contributed by atoms with Gasteiger partial charge in [-0.25, -0.2) is 12.2 Å². The molecule has 0 nitrogen and oxygen atoms in total. The van der Waals surface area contributed by atoms with Crippen molar-refractivity contribution < 1.29 is 26.2 Å². The Bertz CT molecular complexity index is 800. The van der Waals surface area contributed by atoms with Crippen LogP contribution < -0.4 is 0 Å². The van der Waals surface area contributed by atoms with Gasteiger partial charge in [-0.1, -0.05) is 65.3 Å². The number of benzene rings is 2. The van der Waals surface area contributed by atoms with E-state index in [-0.39, 0.29) is 87.7 Å². The zero-order valence-electron chi connectivity index (χ0n) is 20.8. The van der Waals surface area contributed by atoms with Gasteiger partial charge in [-0.2, -0.15) is 29.8 Å². The van der Waals surface area contributed by atoms with Gasteiger partial charge in [-0.3, -0.25) is 6.08 Å². The van der Waals surface area contributed by atoms with E-state index in [4.69, 9.17) is 0 Å². The van der Waals surface area contributed by atoms with Crippen molar-refractivity contribution in [3.63, 3.8) is 0 Å². The van der Waals surface area contributed by atoms with Crippen LogP contribution in [0.25, 0.3) is 11.1 Å². The first kappa shape index (κ1) is 38.8. The smallest absolute Gasteiger partial charge is 0.358 e. The molecular formula is C28H38Cl2SiZr. The Morgan fingerprint density at radius 2 is 1.41 bits per heavy atom. The Labute approximate surface area is 234 Å². The third kappa shape index (κ3) is 9.46. The molecule has 0 saturated carbocycles. The molecule has 0 bridgehead atoms. The summed E-state index contributed by atoms with van der Waals surface area (Å²) >= 11 is 0. The number of hydrogen-bond acceptors (Lipinski definition) is 0. The summed E-state index contributed by atoms with van der Waals surface area (Å²) in [4.78, 5) is 0. The van der Waals surface area contributed by atoms with E-state index in [0.717, 1.165) is 12.8 Å². The molecule has 0 fully saturated rings. The fourth-order valence-electron chi connectivity index (χ4n) is 3.37. The van der Waals surface area contributed by atoms with Gasteiger partial charge in [-0.15, -0.1) is 42.4 Å². The normalized spacial score (nSPS) is 11.9. The molecule has 0 spiro atoms. The first-order chi connectivity index (χ1) is 12.2. The molecule has 2 aromatic carbocycles. The maximum Gasteiger partial charge on any atom is 4.00 e. The molecule has 0 heterocycles. The van der Waals surface area contributed by atoms with Gasteiger partial charge in [0.15, 0.2) is 0 Å². The standard InChI is InChI=1S/C21H25.C5H5.2CH3.2ClH.Si.Zr/c1-20(2,3)16-7-9-18-14(12-16)11-15-13-17(21(4,5)6)8-10-19(15)18;1-2-4-5-3-1;;;;;;/h7-10,12H,11H2,1-6H3;1-3H,4H2;2*1H3;2*1H;;/q4*-1;;;;+4. The van der Waals surface area contributed by atoms with Crippen LogP contribution in [0.15, 0.2) is 48.6 Å². The molecule has 2 aliphatic carbocycles. The quantitative estimate of drug-likeness (QED) is 0.190. The minimum absolute atomic E-state index is 0. The molecule has 4 heteroatoms. The van der Waals surface area contributed by atoms with Crippen molar-refractivity contribution in [1.29, 1.82) is 0 Å². The summed E-state index contributed by atoms with van der Waals surface area (Å²) in [7, 11) is 0. The maximum atomic E-state index is 3.67. The summed E-state index contributed by atoms with van der Waals surface area (Å²) in [6, 6.07) is 15.2. The van der Waals surface area contributed by atoms with E-state index in [9.17, 15) is 0 Å². The Morgan fingerprint density at radius 1 is 0.812 bits per heavy atom. The molecule has 0 aliphatic heterocycles. The number of allylic oxidation sites excluding steroid dienone is 4. The van der Waals surface area contributed by atoms with Crippen LogP contribution in [-0.4, -0.2) is 11.0 Å². The van der Waals surface area contributed by atoms with E-state index in [0.29, 0.717) is 0 Å². The van der Waals surface area contributed by atoms with Crippen LogP contribution in [0, 0.1) is 27.0 Å². The van der Waals surface area contributed by atoms with Crippen LogP contribution in [-0.2, 0) is 43.5 Å². The Kier molecular flexibility index (Phi) is 18.8. The molecule has 4 rings (SSSR count). The Morgan fingerprint density at radius 3 is 1.84 bits per heavy atom. The number of fused-ring (bicyclic) bond motifs is 3. The van der Waals surface area contributed by atoms with Gasteiger partial charge in [-0.05, 0) is 28.4 Å². The van der Waals surface area contributed by atoms with Crippen LogP contribution in [0.5, 0.6) is 0 Å². The topological polar surface area (TPSA) is 0 Å². The minimum Gasteiger partial charge on any atom is -0.358 e. The van der Waals surface area contributed by atoms with Crippen molar-refractivity contribution >= 4 is 35.8 Å². The Balaban J connectivity index is -0.000000319. The number of rotatable bonds is 0. The summed E-state index contributed by atoms with van der Waals surface area (Å²) in [5.41, 5.74) is 8.70. The van der Waals surface area contributed by atoms with Crippen molar-refractivity contribution in [1.82, 2.24) is 0 Å². The van der Waals surface area contributed by atoms with Gasteiger partial charge in [0.1, 0.15) is 0 Å². The molecule has 0 N–H and O–H groups in total. The fraction of sp³-hybridized carbons (Fsp3) is 0.357. The van der Waals surface area contributed by atoms with Gasteiger partial charge in [0.25, 0.3) is 0 Å². The van der Waals surface area contributed by atoms with Crippen molar-refractivity contribution in [3.8, 4) is 11.1 Å². The second-order valence-corrected chi connectivity index (χ2v) is 9.32. The SMILES string of the molecule is CC(C)(C)c1[c-]c2c(cc1)-c1ccc(C(C)(C)C)cc1C2.Cl.Cl.[C-]1=CC=CC1.[CH3-].[CH3-].[Si].[Zr+4]. The van der Waals surface area contributed by atoms with Crippen molar-refractivity contribution in [2.24, 2.45) is 0 Å². The molecule has 0 aromatic heterocycles. The number of halogens is 2. The summed E-state index contributed by atoms with van der Waals surface area (Å²) in [5.74, 6) is 0. The predicted molar refractivity (Wildman–Crippen MR) is 146 cm³/mol. The fourth-order valence-corrected chi connectivity index (χ4v) is 3.37. The van der Waals surface area contributed by atoms with E-state index in [1.54, 1.807) is 0 Å². The molecule has 172 valence electrons. The second-order valence-electron chi connectivity index (χ2n) is 9.32. The molecule has 0 atom stereocenters. The van der Waals surface area contributed by atoms with Crippen molar-refractivity contribution in [3.05, 3.63) is 97.8 Å². The maximum absolute atomic E-state index is 3.67. The van der Waals surface area contributed by atoms with E-state index < -0.39 is 0 Å². The Hall–Kier alpha value is -0.400. The second kappa shape index (κ2) is 15.5. The van der Waals surface area contributed by atoms with Crippen molar-refractivity contribution in [2.45, 2.75) is 65.2 Å². The van der Waals surface area contributed by atoms with E-state index in [1.165, 1.54) is 33.4 Å². The van der Waals surface area contributed by atoms with Crippen molar-refractivity contribution in [2.75, 3.05) is 0 Å². The average Bonchev–Trinajstić information content (AvgIpc) is 3.23. The van der Waals surface area contributed by atoms with Gasteiger partial charge in [0.2, 0.25) is 0 Å². The number of hydrogen-bond donors (Lipinski definition) is 0. The predicted octanol–water partition coefficient (Wildman–Crippen LogP) is 8.32. The largest absolute Gasteiger partial charge is 4.00 e. The molecule has 0 unspecified atom stereocenters. The van der Waals surface area contributed by atoms with Gasteiger partial charge < -0.3 is 14.9 Å². The van der Waals surface area contributed by atoms with Crippen LogP contribution in [0.4, 0.5) is 0 Å². The van der Waals surface area contributed by atoms with E-state index in [1.807, 2.05) is 12.2 Å². The average molecular weight is 565 g/mol. The zero-order chi connectivity index (χ0) is 18.9. The summed E-state index contributed by atoms with van der Waals surface area (Å²) in [5, 5.41) is 0. The molecule has 2 aliphatic rings. The van der Waals surface area contributed by atoms with Crippen LogP contribution in [0.3, 0.4) is 0 Å². The molecule has 0 amide bonds.